The maximum absolute atomic E-state index is 12.4. The highest BCUT2D eigenvalue weighted by molar-refractivity contribution is 6.09. The molecular formula is C20H21N3O4. The third-order valence-electron chi connectivity index (χ3n) is 3.99. The Kier molecular flexibility index (Phi) is 6.13. The molecular weight excluding hydrogens is 346 g/mol. The molecule has 7 heteroatoms. The van der Waals surface area contributed by atoms with Gasteiger partial charge >= 0.3 is 0 Å². The van der Waals surface area contributed by atoms with Crippen molar-refractivity contribution in [3.05, 3.63) is 47.7 Å². The number of nitrogens with zero attached hydrogens (tertiary/aromatic N) is 2. The van der Waals surface area contributed by atoms with Gasteiger partial charge in [-0.05, 0) is 25.1 Å². The van der Waals surface area contributed by atoms with Crippen molar-refractivity contribution in [2.24, 2.45) is 0 Å². The van der Waals surface area contributed by atoms with Crippen molar-refractivity contribution in [1.29, 1.82) is 5.26 Å². The molecule has 0 atom stereocenters. The Morgan fingerprint density at radius 1 is 1.33 bits per heavy atom. The van der Waals surface area contributed by atoms with Crippen LogP contribution in [0.1, 0.15) is 12.7 Å². The number of hydrogen-bond donors (Lipinski definition) is 1. The number of nitriles is 1. The number of nitrogens with one attached hydrogen (secondary N) is 1. The maximum Gasteiger partial charge on any atom is 0.266 e. The van der Waals surface area contributed by atoms with E-state index in [-0.39, 0.29) is 5.57 Å². The van der Waals surface area contributed by atoms with Gasteiger partial charge in [0.15, 0.2) is 5.88 Å². The standard InChI is InChI=1S/C20H21N3O4/c1-2-26-17-5-3-4-16(13-17)22-20(24)15(14-21)12-18-6-7-19(27-18)23-8-10-25-11-9-23/h3-7,12-13H,2,8-11H2,1H3,(H,22,24)/b15-12-. The lowest BCUT2D eigenvalue weighted by molar-refractivity contribution is -0.112. The van der Waals surface area contributed by atoms with Crippen LogP contribution in [-0.4, -0.2) is 38.8 Å². The van der Waals surface area contributed by atoms with Gasteiger partial charge in [0.2, 0.25) is 0 Å². The molecule has 1 aromatic carbocycles. The van der Waals surface area contributed by atoms with Crippen molar-refractivity contribution in [1.82, 2.24) is 0 Å². The zero-order valence-electron chi connectivity index (χ0n) is 15.1. The van der Waals surface area contributed by atoms with Crippen molar-refractivity contribution < 1.29 is 18.7 Å². The molecule has 2 heterocycles. The van der Waals surface area contributed by atoms with Crippen molar-refractivity contribution >= 4 is 23.6 Å². The van der Waals surface area contributed by atoms with E-state index in [2.05, 4.69) is 10.2 Å². The Morgan fingerprint density at radius 2 is 2.15 bits per heavy atom. The summed E-state index contributed by atoms with van der Waals surface area (Å²) in [4.78, 5) is 14.5. The van der Waals surface area contributed by atoms with E-state index in [1.807, 2.05) is 19.1 Å². The minimum Gasteiger partial charge on any atom is -0.494 e. The molecule has 1 fully saturated rings. The number of hydrogen-bond acceptors (Lipinski definition) is 6. The topological polar surface area (TPSA) is 87.7 Å². The van der Waals surface area contributed by atoms with E-state index >= 15 is 0 Å². The van der Waals surface area contributed by atoms with E-state index in [9.17, 15) is 10.1 Å². The lowest BCUT2D eigenvalue weighted by Crippen LogP contribution is -2.35. The molecule has 3 rings (SSSR count). The Balaban J connectivity index is 1.70. The van der Waals surface area contributed by atoms with Gasteiger partial charge in [-0.3, -0.25) is 4.79 Å². The number of carbonyl (C=O) groups excluding carboxylic acids is 1. The number of anilines is 2. The van der Waals surface area contributed by atoms with E-state index < -0.39 is 5.91 Å². The Hall–Kier alpha value is -3.24. The fourth-order valence-corrected chi connectivity index (χ4v) is 2.69. The molecule has 1 aliphatic rings. The molecule has 2 aromatic rings. The number of furan rings is 1. The van der Waals surface area contributed by atoms with Gasteiger partial charge in [0.1, 0.15) is 23.2 Å². The maximum atomic E-state index is 12.4. The summed E-state index contributed by atoms with van der Waals surface area (Å²) in [6, 6.07) is 12.5. The molecule has 0 bridgehead atoms. The first-order valence-electron chi connectivity index (χ1n) is 8.78. The fourth-order valence-electron chi connectivity index (χ4n) is 2.69. The van der Waals surface area contributed by atoms with E-state index in [0.717, 1.165) is 13.1 Å². The number of morpholine rings is 1. The zero-order valence-corrected chi connectivity index (χ0v) is 15.1. The molecule has 1 aliphatic heterocycles. The van der Waals surface area contributed by atoms with Crippen LogP contribution in [0.25, 0.3) is 6.08 Å². The third kappa shape index (κ3) is 4.90. The number of benzene rings is 1. The van der Waals surface area contributed by atoms with Gasteiger partial charge in [-0.25, -0.2) is 0 Å². The van der Waals surface area contributed by atoms with Crippen LogP contribution in [-0.2, 0) is 9.53 Å². The highest BCUT2D eigenvalue weighted by Gasteiger charge is 2.16. The summed E-state index contributed by atoms with van der Waals surface area (Å²) >= 11 is 0. The van der Waals surface area contributed by atoms with Crippen LogP contribution in [0.4, 0.5) is 11.6 Å². The lowest BCUT2D eigenvalue weighted by Gasteiger charge is -2.26. The predicted molar refractivity (Wildman–Crippen MR) is 102 cm³/mol. The van der Waals surface area contributed by atoms with E-state index in [4.69, 9.17) is 13.9 Å². The summed E-state index contributed by atoms with van der Waals surface area (Å²) in [5.41, 5.74) is 0.514. The van der Waals surface area contributed by atoms with Gasteiger partial charge in [0, 0.05) is 37.0 Å². The van der Waals surface area contributed by atoms with Gasteiger partial charge in [-0.2, -0.15) is 5.26 Å². The molecule has 0 aliphatic carbocycles. The molecule has 0 saturated carbocycles. The van der Waals surface area contributed by atoms with Crippen LogP contribution in [0.15, 0.2) is 46.4 Å². The van der Waals surface area contributed by atoms with Gasteiger partial charge < -0.3 is 24.1 Å². The van der Waals surface area contributed by atoms with Crippen LogP contribution in [0.2, 0.25) is 0 Å². The van der Waals surface area contributed by atoms with Crippen molar-refractivity contribution in [2.45, 2.75) is 6.92 Å². The number of amides is 1. The average molecular weight is 367 g/mol. The minimum atomic E-state index is -0.504. The number of rotatable bonds is 6. The van der Waals surface area contributed by atoms with Crippen molar-refractivity contribution in [3.8, 4) is 11.8 Å². The molecule has 1 N–H and O–H groups in total. The van der Waals surface area contributed by atoms with Gasteiger partial charge in [-0.15, -0.1) is 0 Å². The van der Waals surface area contributed by atoms with Crippen LogP contribution in [0.3, 0.4) is 0 Å². The smallest absolute Gasteiger partial charge is 0.266 e. The summed E-state index contributed by atoms with van der Waals surface area (Å²) < 4.78 is 16.5. The van der Waals surface area contributed by atoms with E-state index in [1.54, 1.807) is 30.3 Å². The SMILES string of the molecule is CCOc1cccc(NC(=O)/C(C#N)=C\c2ccc(N3CCOCC3)o2)c1. The van der Waals surface area contributed by atoms with Crippen LogP contribution < -0.4 is 15.0 Å². The average Bonchev–Trinajstić information content (AvgIpc) is 3.16. The molecule has 0 radical (unpaired) electrons. The number of ether oxygens (including phenoxy) is 2. The fraction of sp³-hybridized carbons (Fsp3) is 0.300. The van der Waals surface area contributed by atoms with Crippen LogP contribution >= 0.6 is 0 Å². The predicted octanol–water partition coefficient (Wildman–Crippen LogP) is 3.06. The molecule has 27 heavy (non-hydrogen) atoms. The zero-order chi connectivity index (χ0) is 19.1. The lowest BCUT2D eigenvalue weighted by atomic mass is 10.2. The van der Waals surface area contributed by atoms with Gasteiger partial charge in [0.25, 0.3) is 5.91 Å². The Labute approximate surface area is 157 Å². The molecule has 1 amide bonds. The minimum absolute atomic E-state index is 0.0420. The number of carbonyl (C=O) groups is 1. The molecule has 1 aromatic heterocycles. The van der Waals surface area contributed by atoms with E-state index in [0.29, 0.717) is 42.9 Å². The third-order valence-corrected chi connectivity index (χ3v) is 3.99. The van der Waals surface area contributed by atoms with Gasteiger partial charge in [-0.1, -0.05) is 6.07 Å². The molecule has 7 nitrogen and oxygen atoms in total. The Morgan fingerprint density at radius 3 is 2.89 bits per heavy atom. The quantitative estimate of drug-likeness (QED) is 0.624. The summed E-state index contributed by atoms with van der Waals surface area (Å²) in [6.07, 6.45) is 1.44. The molecule has 0 unspecified atom stereocenters. The van der Waals surface area contributed by atoms with Gasteiger partial charge in [0.05, 0.1) is 19.8 Å². The summed E-state index contributed by atoms with van der Waals surface area (Å²) in [5.74, 6) is 1.30. The Bertz CT molecular complexity index is 860. The van der Waals surface area contributed by atoms with Crippen LogP contribution in [0, 0.1) is 11.3 Å². The van der Waals surface area contributed by atoms with Crippen molar-refractivity contribution in [3.63, 3.8) is 0 Å². The second kappa shape index (κ2) is 8.92. The molecule has 0 spiro atoms. The van der Waals surface area contributed by atoms with Crippen molar-refractivity contribution in [2.75, 3.05) is 43.1 Å². The first-order chi connectivity index (χ1) is 13.2. The highest BCUT2D eigenvalue weighted by Crippen LogP contribution is 2.22. The van der Waals surface area contributed by atoms with Crippen LogP contribution in [0.5, 0.6) is 5.75 Å². The van der Waals surface area contributed by atoms with E-state index in [1.165, 1.54) is 6.08 Å². The normalized spacial score (nSPS) is 14.5. The second-order valence-corrected chi connectivity index (χ2v) is 5.86. The molecule has 140 valence electrons. The highest BCUT2D eigenvalue weighted by atomic mass is 16.5. The first kappa shape index (κ1) is 18.5. The largest absolute Gasteiger partial charge is 0.494 e. The summed E-state index contributed by atoms with van der Waals surface area (Å²) in [6.45, 7) is 5.22. The summed E-state index contributed by atoms with van der Waals surface area (Å²) in [7, 11) is 0. The summed E-state index contributed by atoms with van der Waals surface area (Å²) in [5, 5.41) is 12.1. The first-order valence-corrected chi connectivity index (χ1v) is 8.78. The monoisotopic (exact) mass is 367 g/mol. The molecule has 1 saturated heterocycles. The second-order valence-electron chi connectivity index (χ2n) is 5.86.